The Morgan fingerprint density at radius 1 is 1.37 bits per heavy atom. The Labute approximate surface area is 107 Å². The Bertz CT molecular complexity index is 696. The number of fused-ring (bicyclic) bond motifs is 1. The number of hydrogen-bond donors (Lipinski definition) is 1. The van der Waals surface area contributed by atoms with Gasteiger partial charge in [-0.15, -0.1) is 0 Å². The zero-order chi connectivity index (χ0) is 14.0. The lowest BCUT2D eigenvalue weighted by Crippen LogP contribution is -2.14. The van der Waals surface area contributed by atoms with Gasteiger partial charge in [0.1, 0.15) is 13.2 Å². The normalized spacial score (nSPS) is 10.8. The highest BCUT2D eigenvalue weighted by Gasteiger charge is 2.11. The number of aromatic nitrogens is 1. The van der Waals surface area contributed by atoms with E-state index in [2.05, 4.69) is 0 Å². The summed E-state index contributed by atoms with van der Waals surface area (Å²) in [4.78, 5) is 33.2. The van der Waals surface area contributed by atoms with Crippen molar-refractivity contribution in [1.82, 2.24) is 4.57 Å². The van der Waals surface area contributed by atoms with E-state index in [1.54, 1.807) is 13.1 Å². The molecular formula is C12H11NO6. The number of carboxylic acid groups (broad SMARTS) is 1. The van der Waals surface area contributed by atoms with Crippen molar-refractivity contribution in [3.63, 3.8) is 0 Å². The van der Waals surface area contributed by atoms with E-state index in [9.17, 15) is 14.4 Å². The molecule has 0 aliphatic rings. The first-order valence-electron chi connectivity index (χ1n) is 5.41. The highest BCUT2D eigenvalue weighted by atomic mass is 16.5. The third-order valence-corrected chi connectivity index (χ3v) is 2.57. The molecule has 0 saturated heterocycles. The second kappa shape index (κ2) is 5.07. The van der Waals surface area contributed by atoms with E-state index in [-0.39, 0.29) is 12.4 Å². The van der Waals surface area contributed by atoms with Gasteiger partial charge < -0.3 is 14.3 Å². The van der Waals surface area contributed by atoms with Gasteiger partial charge in [0.2, 0.25) is 0 Å². The van der Waals surface area contributed by atoms with Crippen LogP contribution in [0.3, 0.4) is 0 Å². The molecule has 0 aliphatic carbocycles. The minimum atomic E-state index is -1.14. The molecule has 7 nitrogen and oxygen atoms in total. The SMILES string of the molecule is Cn1c(=O)oc2cc(C(=O)COCC(=O)O)ccc21. The molecule has 2 rings (SSSR count). The molecule has 0 fully saturated rings. The molecule has 0 saturated carbocycles. The second-order valence-electron chi connectivity index (χ2n) is 3.92. The number of carboxylic acids is 1. The molecule has 1 aromatic carbocycles. The number of rotatable bonds is 5. The highest BCUT2D eigenvalue weighted by Crippen LogP contribution is 2.14. The standard InChI is InChI=1S/C12H11NO6/c1-13-8-3-2-7(4-10(8)19-12(13)17)9(14)5-18-6-11(15)16/h2-4H,5-6H2,1H3,(H,15,16). The Kier molecular flexibility index (Phi) is 3.48. The minimum Gasteiger partial charge on any atom is -0.480 e. The first-order valence-corrected chi connectivity index (χ1v) is 5.41. The quantitative estimate of drug-likeness (QED) is 0.786. The smallest absolute Gasteiger partial charge is 0.419 e. The van der Waals surface area contributed by atoms with Crippen LogP contribution in [0, 0.1) is 0 Å². The molecule has 7 heteroatoms. The number of oxazole rings is 1. The number of benzene rings is 1. The molecule has 0 atom stereocenters. The van der Waals surface area contributed by atoms with E-state index < -0.39 is 18.3 Å². The van der Waals surface area contributed by atoms with Crippen molar-refractivity contribution in [3.8, 4) is 0 Å². The van der Waals surface area contributed by atoms with E-state index in [4.69, 9.17) is 14.3 Å². The predicted octanol–water partition coefficient (Wildman–Crippen LogP) is 0.415. The number of ether oxygens (including phenoxy) is 1. The van der Waals surface area contributed by atoms with Gasteiger partial charge in [0.25, 0.3) is 0 Å². The molecule has 1 N–H and O–H groups in total. The van der Waals surface area contributed by atoms with Gasteiger partial charge in [-0.2, -0.15) is 0 Å². The number of carbonyl (C=O) groups excluding carboxylic acids is 1. The zero-order valence-electron chi connectivity index (χ0n) is 10.1. The number of carbonyl (C=O) groups is 2. The van der Waals surface area contributed by atoms with Crippen LogP contribution in [0.25, 0.3) is 11.1 Å². The molecule has 1 heterocycles. The van der Waals surface area contributed by atoms with Crippen LogP contribution in [0.5, 0.6) is 0 Å². The fourth-order valence-corrected chi connectivity index (χ4v) is 1.62. The summed E-state index contributed by atoms with van der Waals surface area (Å²) in [5, 5.41) is 8.38. The maximum atomic E-state index is 11.7. The van der Waals surface area contributed by atoms with Crippen LogP contribution in [-0.4, -0.2) is 34.6 Å². The van der Waals surface area contributed by atoms with Crippen LogP contribution >= 0.6 is 0 Å². The largest absolute Gasteiger partial charge is 0.480 e. The molecule has 0 unspecified atom stereocenters. The fraction of sp³-hybridized carbons (Fsp3) is 0.250. The third-order valence-electron chi connectivity index (χ3n) is 2.57. The van der Waals surface area contributed by atoms with Crippen LogP contribution in [0.2, 0.25) is 0 Å². The molecule has 19 heavy (non-hydrogen) atoms. The monoisotopic (exact) mass is 265 g/mol. The van der Waals surface area contributed by atoms with Crippen molar-refractivity contribution >= 4 is 22.9 Å². The molecule has 2 aromatic rings. The summed E-state index contributed by atoms with van der Waals surface area (Å²) in [6.45, 7) is -0.872. The van der Waals surface area contributed by atoms with E-state index in [1.165, 1.54) is 16.7 Å². The first-order chi connectivity index (χ1) is 8.99. The lowest BCUT2D eigenvalue weighted by molar-refractivity contribution is -0.141. The van der Waals surface area contributed by atoms with Crippen molar-refractivity contribution in [3.05, 3.63) is 34.3 Å². The Morgan fingerprint density at radius 3 is 2.79 bits per heavy atom. The van der Waals surface area contributed by atoms with Crippen LogP contribution in [0.1, 0.15) is 10.4 Å². The summed E-state index contributed by atoms with van der Waals surface area (Å²) in [5.41, 5.74) is 1.18. The lowest BCUT2D eigenvalue weighted by Gasteiger charge is -2.01. The Morgan fingerprint density at radius 2 is 2.11 bits per heavy atom. The van der Waals surface area contributed by atoms with Gasteiger partial charge in [0.15, 0.2) is 11.4 Å². The third kappa shape index (κ3) is 2.71. The Balaban J connectivity index is 2.19. The number of ketones is 1. The van der Waals surface area contributed by atoms with Gasteiger partial charge in [-0.05, 0) is 18.2 Å². The summed E-state index contributed by atoms with van der Waals surface area (Å²) in [6.07, 6.45) is 0. The molecule has 0 radical (unpaired) electrons. The van der Waals surface area contributed by atoms with Crippen LogP contribution < -0.4 is 5.76 Å². The molecule has 1 aromatic heterocycles. The van der Waals surface area contributed by atoms with Crippen molar-refractivity contribution in [2.24, 2.45) is 7.05 Å². The van der Waals surface area contributed by atoms with Crippen molar-refractivity contribution in [2.45, 2.75) is 0 Å². The van der Waals surface area contributed by atoms with Crippen molar-refractivity contribution in [2.75, 3.05) is 13.2 Å². The molecular weight excluding hydrogens is 254 g/mol. The maximum absolute atomic E-state index is 11.7. The van der Waals surface area contributed by atoms with Gasteiger partial charge in [0.05, 0.1) is 5.52 Å². The molecule has 0 bridgehead atoms. The van der Waals surface area contributed by atoms with Gasteiger partial charge in [0, 0.05) is 12.6 Å². The highest BCUT2D eigenvalue weighted by molar-refractivity contribution is 5.99. The van der Waals surface area contributed by atoms with E-state index in [1.807, 2.05) is 0 Å². The molecule has 0 amide bonds. The number of Topliss-reactive ketones (excluding diaryl/α,β-unsaturated/α-hetero) is 1. The topological polar surface area (TPSA) is 98.7 Å². The zero-order valence-corrected chi connectivity index (χ0v) is 10.1. The summed E-state index contributed by atoms with van der Waals surface area (Å²) in [7, 11) is 1.56. The summed E-state index contributed by atoms with van der Waals surface area (Å²) < 4.78 is 11.0. The predicted molar refractivity (Wildman–Crippen MR) is 64.2 cm³/mol. The van der Waals surface area contributed by atoms with Crippen LogP contribution in [-0.2, 0) is 16.6 Å². The maximum Gasteiger partial charge on any atom is 0.419 e. The Hall–Kier alpha value is -2.41. The number of hydrogen-bond acceptors (Lipinski definition) is 5. The molecule has 0 aliphatic heterocycles. The van der Waals surface area contributed by atoms with E-state index in [0.717, 1.165) is 0 Å². The van der Waals surface area contributed by atoms with Gasteiger partial charge >= 0.3 is 11.7 Å². The molecule has 100 valence electrons. The van der Waals surface area contributed by atoms with Crippen molar-refractivity contribution < 1.29 is 23.8 Å². The van der Waals surface area contributed by atoms with Crippen LogP contribution in [0.4, 0.5) is 0 Å². The van der Waals surface area contributed by atoms with E-state index >= 15 is 0 Å². The first kappa shape index (κ1) is 13.0. The average Bonchev–Trinajstić information content (AvgIpc) is 2.64. The number of nitrogens with zero attached hydrogens (tertiary/aromatic N) is 1. The number of aryl methyl sites for hydroxylation is 1. The van der Waals surface area contributed by atoms with Crippen molar-refractivity contribution in [1.29, 1.82) is 0 Å². The fourth-order valence-electron chi connectivity index (χ4n) is 1.62. The minimum absolute atomic E-state index is 0.298. The lowest BCUT2D eigenvalue weighted by atomic mass is 10.1. The number of aliphatic carboxylic acids is 1. The van der Waals surface area contributed by atoms with Gasteiger partial charge in [-0.1, -0.05) is 0 Å². The summed E-state index contributed by atoms with van der Waals surface area (Å²) in [6, 6.07) is 4.55. The average molecular weight is 265 g/mol. The van der Waals surface area contributed by atoms with Crippen LogP contribution in [0.15, 0.2) is 27.4 Å². The van der Waals surface area contributed by atoms with Gasteiger partial charge in [-0.3, -0.25) is 9.36 Å². The summed E-state index contributed by atoms with van der Waals surface area (Å²) in [5.74, 6) is -2.03. The van der Waals surface area contributed by atoms with Gasteiger partial charge in [-0.25, -0.2) is 9.59 Å². The van der Waals surface area contributed by atoms with E-state index in [0.29, 0.717) is 16.7 Å². The summed E-state index contributed by atoms with van der Waals surface area (Å²) >= 11 is 0. The second-order valence-corrected chi connectivity index (χ2v) is 3.92. The molecule has 0 spiro atoms.